The minimum atomic E-state index is -0.373. The van der Waals surface area contributed by atoms with Gasteiger partial charge in [-0.15, -0.1) is 0 Å². The number of thiocarbonyl (C=S) groups is 1. The van der Waals surface area contributed by atoms with Crippen LogP contribution in [-0.4, -0.2) is 15.2 Å². The highest BCUT2D eigenvalue weighted by Gasteiger charge is 2.43. The number of phenols is 1. The molecule has 0 saturated carbocycles. The number of aromatic nitrogens is 1. The van der Waals surface area contributed by atoms with Gasteiger partial charge in [0.1, 0.15) is 23.3 Å². The van der Waals surface area contributed by atoms with Gasteiger partial charge in [0.15, 0.2) is 5.11 Å². The Hall–Kier alpha value is -3.06. The minimum Gasteiger partial charge on any atom is -0.506 e. The van der Waals surface area contributed by atoms with E-state index >= 15 is 0 Å². The number of furan rings is 1. The zero-order chi connectivity index (χ0) is 22.2. The maximum Gasteiger partial charge on any atom is 0.174 e. The molecule has 5 rings (SSSR count). The van der Waals surface area contributed by atoms with E-state index in [1.165, 1.54) is 0 Å². The fourth-order valence-corrected chi connectivity index (χ4v) is 4.52. The number of hydrogen-bond donors (Lipinski definition) is 2. The Kier molecular flexibility index (Phi) is 5.51. The van der Waals surface area contributed by atoms with Crippen LogP contribution in [0.2, 0.25) is 10.0 Å². The fraction of sp³-hybridized carbons (Fsp3) is 0.0833. The third-order valence-electron chi connectivity index (χ3n) is 5.36. The first-order chi connectivity index (χ1) is 15.5. The fourth-order valence-electron chi connectivity index (χ4n) is 3.89. The van der Waals surface area contributed by atoms with Gasteiger partial charge in [-0.3, -0.25) is 4.98 Å². The Labute approximate surface area is 200 Å². The van der Waals surface area contributed by atoms with Gasteiger partial charge in [0.05, 0.1) is 27.5 Å². The van der Waals surface area contributed by atoms with Crippen LogP contribution in [0.4, 0.5) is 5.69 Å². The summed E-state index contributed by atoms with van der Waals surface area (Å²) in [4.78, 5) is 6.39. The SMILES string of the molecule is Oc1ccccc1N1C(=S)N[C@@H](c2ccccn2)[C@@H]1c1ccc(-c2ccc(Cl)c(Cl)c2)o1. The van der Waals surface area contributed by atoms with E-state index in [0.29, 0.717) is 32.4 Å². The lowest BCUT2D eigenvalue weighted by atomic mass is 10.0. The number of phenolic OH excluding ortho intramolecular Hbond substituents is 1. The number of benzene rings is 2. The van der Waals surface area contributed by atoms with Crippen LogP contribution < -0.4 is 10.2 Å². The van der Waals surface area contributed by atoms with E-state index in [4.69, 9.17) is 39.8 Å². The largest absolute Gasteiger partial charge is 0.506 e. The lowest BCUT2D eigenvalue weighted by Gasteiger charge is -2.26. The Morgan fingerprint density at radius 1 is 0.969 bits per heavy atom. The summed E-state index contributed by atoms with van der Waals surface area (Å²) in [6.45, 7) is 0. The van der Waals surface area contributed by atoms with Gasteiger partial charge in [-0.25, -0.2) is 0 Å². The highest BCUT2D eigenvalue weighted by molar-refractivity contribution is 7.80. The number of para-hydroxylation sites is 2. The number of nitrogens with one attached hydrogen (secondary N) is 1. The predicted octanol–water partition coefficient (Wildman–Crippen LogP) is 6.53. The van der Waals surface area contributed by atoms with E-state index in [2.05, 4.69) is 10.3 Å². The van der Waals surface area contributed by atoms with Crippen LogP contribution in [0.3, 0.4) is 0 Å². The van der Waals surface area contributed by atoms with Crippen LogP contribution in [-0.2, 0) is 0 Å². The topological polar surface area (TPSA) is 61.5 Å². The molecule has 2 aromatic heterocycles. The third-order valence-corrected chi connectivity index (χ3v) is 6.42. The van der Waals surface area contributed by atoms with Gasteiger partial charge >= 0.3 is 0 Å². The van der Waals surface area contributed by atoms with E-state index in [9.17, 15) is 5.11 Å². The average Bonchev–Trinajstić information content (AvgIpc) is 3.41. The summed E-state index contributed by atoms with van der Waals surface area (Å²) >= 11 is 17.9. The first kappa shape index (κ1) is 20.8. The molecule has 2 atom stereocenters. The number of aromatic hydroxyl groups is 1. The van der Waals surface area contributed by atoms with Crippen LogP contribution in [0.25, 0.3) is 11.3 Å². The van der Waals surface area contributed by atoms with Crippen LogP contribution in [0.1, 0.15) is 23.5 Å². The molecule has 3 heterocycles. The van der Waals surface area contributed by atoms with E-state index in [0.717, 1.165) is 11.3 Å². The molecule has 1 saturated heterocycles. The normalized spacial score (nSPS) is 18.1. The number of pyridine rings is 1. The Bertz CT molecular complexity index is 1300. The second kappa shape index (κ2) is 8.47. The van der Waals surface area contributed by atoms with Crippen molar-refractivity contribution < 1.29 is 9.52 Å². The Balaban J connectivity index is 1.61. The standard InChI is InChI=1S/C24H17Cl2N3O2S/c25-15-9-8-14(13-16(15)26)20-10-11-21(31-20)23-22(17-5-3-4-12-27-17)28-24(32)29(23)18-6-1-2-7-19(18)30/h1-13,22-23,30H,(H,28,32)/t22-,23-/m0/s1. The lowest BCUT2D eigenvalue weighted by molar-refractivity contribution is 0.434. The summed E-state index contributed by atoms with van der Waals surface area (Å²) in [6.07, 6.45) is 1.74. The van der Waals surface area contributed by atoms with Gasteiger partial charge in [-0.1, -0.05) is 41.4 Å². The zero-order valence-electron chi connectivity index (χ0n) is 16.6. The smallest absolute Gasteiger partial charge is 0.174 e. The van der Waals surface area contributed by atoms with Gasteiger partial charge in [0.2, 0.25) is 0 Å². The van der Waals surface area contributed by atoms with E-state index in [1.54, 1.807) is 30.5 Å². The molecule has 0 radical (unpaired) electrons. The van der Waals surface area contributed by atoms with Gasteiger partial charge in [-0.2, -0.15) is 0 Å². The van der Waals surface area contributed by atoms with Crippen molar-refractivity contribution in [1.82, 2.24) is 10.3 Å². The molecule has 0 amide bonds. The first-order valence-electron chi connectivity index (χ1n) is 9.87. The molecule has 0 spiro atoms. The first-order valence-corrected chi connectivity index (χ1v) is 11.0. The molecule has 32 heavy (non-hydrogen) atoms. The van der Waals surface area contributed by atoms with Crippen molar-refractivity contribution >= 4 is 46.2 Å². The third kappa shape index (κ3) is 3.71. The van der Waals surface area contributed by atoms with E-state index < -0.39 is 0 Å². The van der Waals surface area contributed by atoms with Crippen molar-refractivity contribution in [2.75, 3.05) is 4.90 Å². The van der Waals surface area contributed by atoms with Crippen LogP contribution >= 0.6 is 35.4 Å². The maximum absolute atomic E-state index is 10.5. The van der Waals surface area contributed by atoms with Gasteiger partial charge in [0, 0.05) is 11.8 Å². The number of nitrogens with zero attached hydrogens (tertiary/aromatic N) is 2. The van der Waals surface area contributed by atoms with Crippen molar-refractivity contribution in [3.8, 4) is 17.1 Å². The zero-order valence-corrected chi connectivity index (χ0v) is 18.9. The van der Waals surface area contributed by atoms with Crippen molar-refractivity contribution in [2.45, 2.75) is 12.1 Å². The highest BCUT2D eigenvalue weighted by Crippen LogP contribution is 2.45. The molecule has 160 valence electrons. The van der Waals surface area contributed by atoms with Gasteiger partial charge in [-0.05, 0) is 66.8 Å². The van der Waals surface area contributed by atoms with Crippen molar-refractivity contribution in [3.05, 3.63) is 100 Å². The van der Waals surface area contributed by atoms with Crippen LogP contribution in [0, 0.1) is 0 Å². The van der Waals surface area contributed by atoms with Gasteiger partial charge in [0.25, 0.3) is 0 Å². The van der Waals surface area contributed by atoms with Crippen LogP contribution in [0.5, 0.6) is 5.75 Å². The molecule has 4 aromatic rings. The Morgan fingerprint density at radius 3 is 2.53 bits per heavy atom. The molecular formula is C24H17Cl2N3O2S. The van der Waals surface area contributed by atoms with Crippen molar-refractivity contribution in [3.63, 3.8) is 0 Å². The van der Waals surface area contributed by atoms with Crippen molar-refractivity contribution in [2.24, 2.45) is 0 Å². The molecule has 1 fully saturated rings. The summed E-state index contributed by atoms with van der Waals surface area (Å²) in [5.74, 6) is 1.44. The molecule has 0 bridgehead atoms. The summed E-state index contributed by atoms with van der Waals surface area (Å²) in [5.41, 5.74) is 2.20. The molecule has 5 nitrogen and oxygen atoms in total. The predicted molar refractivity (Wildman–Crippen MR) is 130 cm³/mol. The quantitative estimate of drug-likeness (QED) is 0.323. The molecule has 0 unspecified atom stereocenters. The minimum absolute atomic E-state index is 0.125. The van der Waals surface area contributed by atoms with E-state index in [-0.39, 0.29) is 17.8 Å². The number of hydrogen-bond acceptors (Lipinski definition) is 4. The second-order valence-corrected chi connectivity index (χ2v) is 8.52. The monoisotopic (exact) mass is 481 g/mol. The molecule has 1 aliphatic rings. The Morgan fingerprint density at radius 2 is 1.78 bits per heavy atom. The summed E-state index contributed by atoms with van der Waals surface area (Å²) < 4.78 is 6.29. The average molecular weight is 482 g/mol. The number of rotatable bonds is 4. The number of halogens is 2. The van der Waals surface area contributed by atoms with Crippen LogP contribution in [0.15, 0.2) is 83.4 Å². The second-order valence-electron chi connectivity index (χ2n) is 7.32. The van der Waals surface area contributed by atoms with E-state index in [1.807, 2.05) is 53.4 Å². The highest BCUT2D eigenvalue weighted by atomic mass is 35.5. The maximum atomic E-state index is 10.5. The molecule has 1 aliphatic heterocycles. The molecule has 2 aromatic carbocycles. The molecular weight excluding hydrogens is 465 g/mol. The lowest BCUT2D eigenvalue weighted by Crippen LogP contribution is -2.29. The summed E-state index contributed by atoms with van der Waals surface area (Å²) in [6, 6.07) is 21.3. The number of anilines is 1. The van der Waals surface area contributed by atoms with Crippen molar-refractivity contribution in [1.29, 1.82) is 0 Å². The summed E-state index contributed by atoms with van der Waals surface area (Å²) in [5, 5.41) is 15.3. The molecule has 0 aliphatic carbocycles. The molecule has 8 heteroatoms. The van der Waals surface area contributed by atoms with Gasteiger partial charge < -0.3 is 19.7 Å². The summed E-state index contributed by atoms with van der Waals surface area (Å²) in [7, 11) is 0. The molecule has 2 N–H and O–H groups in total.